The van der Waals surface area contributed by atoms with Gasteiger partial charge < -0.3 is 5.32 Å². The highest BCUT2D eigenvalue weighted by molar-refractivity contribution is 5.39. The van der Waals surface area contributed by atoms with Crippen LogP contribution in [0.25, 0.3) is 0 Å². The monoisotopic (exact) mass is 241 g/mol. The molecule has 1 aliphatic heterocycles. The average Bonchev–Trinajstić information content (AvgIpc) is 3.02. The van der Waals surface area contributed by atoms with Crippen LogP contribution in [0.3, 0.4) is 0 Å². The quantitative estimate of drug-likeness (QED) is 0.834. The Balaban J connectivity index is 1.54. The van der Waals surface area contributed by atoms with Crippen molar-refractivity contribution in [3.63, 3.8) is 0 Å². The molecule has 0 aromatic heterocycles. The summed E-state index contributed by atoms with van der Waals surface area (Å²) in [6, 6.07) is 9.70. The van der Waals surface area contributed by atoms with E-state index in [0.717, 1.165) is 11.8 Å². The smallest absolute Gasteiger partial charge is 0.0122 e. The molecule has 1 saturated heterocycles. The lowest BCUT2D eigenvalue weighted by atomic mass is 9.83. The second kappa shape index (κ2) is 4.09. The third-order valence-corrected chi connectivity index (χ3v) is 5.63. The zero-order valence-electron chi connectivity index (χ0n) is 11.1. The van der Waals surface area contributed by atoms with Crippen molar-refractivity contribution in [1.29, 1.82) is 0 Å². The molecule has 96 valence electrons. The minimum atomic E-state index is 0.533. The second-order valence-electron chi connectivity index (χ2n) is 6.65. The summed E-state index contributed by atoms with van der Waals surface area (Å²) < 4.78 is 0. The van der Waals surface area contributed by atoms with Gasteiger partial charge in [-0.3, -0.25) is 0 Å². The highest BCUT2D eigenvalue weighted by Crippen LogP contribution is 2.56. The first-order chi connectivity index (χ1) is 8.88. The van der Waals surface area contributed by atoms with E-state index in [1.807, 2.05) is 0 Å². The Kier molecular flexibility index (Phi) is 2.51. The van der Waals surface area contributed by atoms with Crippen molar-refractivity contribution in [3.8, 4) is 0 Å². The molecule has 2 saturated carbocycles. The Labute approximate surface area is 110 Å². The third kappa shape index (κ3) is 1.64. The van der Waals surface area contributed by atoms with Crippen molar-refractivity contribution in [3.05, 3.63) is 35.4 Å². The number of nitrogens with one attached hydrogen (secondary N) is 1. The van der Waals surface area contributed by atoms with Gasteiger partial charge in [0.25, 0.3) is 0 Å². The molecule has 2 aliphatic carbocycles. The van der Waals surface area contributed by atoms with E-state index in [-0.39, 0.29) is 0 Å². The van der Waals surface area contributed by atoms with Gasteiger partial charge in [0.1, 0.15) is 0 Å². The molecule has 1 aromatic carbocycles. The molecule has 18 heavy (non-hydrogen) atoms. The molecular weight excluding hydrogens is 218 g/mol. The van der Waals surface area contributed by atoms with Gasteiger partial charge in [-0.2, -0.15) is 0 Å². The van der Waals surface area contributed by atoms with Gasteiger partial charge >= 0.3 is 0 Å². The van der Waals surface area contributed by atoms with Gasteiger partial charge in [0, 0.05) is 12.0 Å². The Bertz CT molecular complexity index is 429. The minimum absolute atomic E-state index is 0.533. The Morgan fingerprint density at radius 3 is 2.39 bits per heavy atom. The molecule has 1 aromatic rings. The van der Waals surface area contributed by atoms with Gasteiger partial charge in [-0.15, -0.1) is 0 Å². The van der Waals surface area contributed by atoms with Crippen LogP contribution >= 0.6 is 0 Å². The van der Waals surface area contributed by atoms with Gasteiger partial charge in [-0.1, -0.05) is 43.5 Å². The largest absolute Gasteiger partial charge is 0.316 e. The number of rotatable bonds is 2. The molecule has 2 unspecified atom stereocenters. The van der Waals surface area contributed by atoms with Crippen LogP contribution in [0.2, 0.25) is 0 Å². The molecule has 3 aliphatic rings. The maximum atomic E-state index is 3.54. The maximum absolute atomic E-state index is 3.54. The summed E-state index contributed by atoms with van der Waals surface area (Å²) in [4.78, 5) is 0. The molecular formula is C17H23N. The zero-order valence-corrected chi connectivity index (χ0v) is 11.1. The SMILES string of the molecule is c1cc(C23CNCC2C3)ccc1C1CCCCC1. The molecule has 3 fully saturated rings. The normalized spacial score (nSPS) is 35.4. The van der Waals surface area contributed by atoms with Crippen LogP contribution in [-0.4, -0.2) is 13.1 Å². The Morgan fingerprint density at radius 1 is 1.00 bits per heavy atom. The number of hydrogen-bond acceptors (Lipinski definition) is 1. The van der Waals surface area contributed by atoms with Gasteiger partial charge in [-0.25, -0.2) is 0 Å². The number of benzene rings is 1. The van der Waals surface area contributed by atoms with E-state index in [4.69, 9.17) is 0 Å². The van der Waals surface area contributed by atoms with Gasteiger partial charge in [-0.05, 0) is 48.8 Å². The summed E-state index contributed by atoms with van der Waals surface area (Å²) in [5.41, 5.74) is 3.72. The van der Waals surface area contributed by atoms with Crippen LogP contribution in [0.4, 0.5) is 0 Å². The van der Waals surface area contributed by atoms with Crippen molar-refractivity contribution in [1.82, 2.24) is 5.32 Å². The molecule has 1 N–H and O–H groups in total. The predicted molar refractivity (Wildman–Crippen MR) is 74.9 cm³/mol. The van der Waals surface area contributed by atoms with Crippen LogP contribution < -0.4 is 5.32 Å². The average molecular weight is 241 g/mol. The molecule has 1 heteroatoms. The van der Waals surface area contributed by atoms with E-state index in [2.05, 4.69) is 29.6 Å². The lowest BCUT2D eigenvalue weighted by molar-refractivity contribution is 0.443. The van der Waals surface area contributed by atoms with E-state index < -0.39 is 0 Å². The zero-order chi connectivity index (χ0) is 12.0. The fraction of sp³-hybridized carbons (Fsp3) is 0.647. The lowest BCUT2D eigenvalue weighted by Crippen LogP contribution is -2.19. The first-order valence-corrected chi connectivity index (χ1v) is 7.70. The highest BCUT2D eigenvalue weighted by atomic mass is 15.0. The van der Waals surface area contributed by atoms with Crippen LogP contribution in [-0.2, 0) is 5.41 Å². The van der Waals surface area contributed by atoms with Gasteiger partial charge in [0.05, 0.1) is 0 Å². The van der Waals surface area contributed by atoms with Gasteiger partial charge in [0.2, 0.25) is 0 Å². The first-order valence-electron chi connectivity index (χ1n) is 7.70. The Morgan fingerprint density at radius 2 is 1.78 bits per heavy atom. The van der Waals surface area contributed by atoms with Crippen LogP contribution in [0.5, 0.6) is 0 Å². The van der Waals surface area contributed by atoms with Crippen LogP contribution in [0, 0.1) is 5.92 Å². The topological polar surface area (TPSA) is 12.0 Å². The molecule has 0 amide bonds. The first kappa shape index (κ1) is 11.0. The molecule has 1 nitrogen and oxygen atoms in total. The molecule has 0 radical (unpaired) electrons. The van der Waals surface area contributed by atoms with E-state index in [9.17, 15) is 0 Å². The number of hydrogen-bond donors (Lipinski definition) is 1. The maximum Gasteiger partial charge on any atom is 0.0122 e. The highest BCUT2D eigenvalue weighted by Gasteiger charge is 2.57. The number of piperidine rings is 1. The standard InChI is InChI=1S/C17H23N/c1-2-4-13(5-3-1)14-6-8-15(9-7-14)17-10-16(17)11-18-12-17/h6-9,13,16,18H,1-5,10-12H2. The molecule has 0 bridgehead atoms. The fourth-order valence-electron chi connectivity index (χ4n) is 4.31. The van der Waals surface area contributed by atoms with Crippen molar-refractivity contribution >= 4 is 0 Å². The van der Waals surface area contributed by atoms with E-state index in [1.165, 1.54) is 51.6 Å². The third-order valence-electron chi connectivity index (χ3n) is 5.63. The molecule has 0 spiro atoms. The summed E-state index contributed by atoms with van der Waals surface area (Å²) in [5, 5.41) is 3.54. The Hall–Kier alpha value is -0.820. The van der Waals surface area contributed by atoms with Crippen molar-refractivity contribution in [2.45, 2.75) is 49.9 Å². The number of fused-ring (bicyclic) bond motifs is 1. The summed E-state index contributed by atoms with van der Waals surface area (Å²) in [6.07, 6.45) is 8.56. The van der Waals surface area contributed by atoms with E-state index >= 15 is 0 Å². The molecule has 2 atom stereocenters. The van der Waals surface area contributed by atoms with E-state index in [1.54, 1.807) is 11.1 Å². The summed E-state index contributed by atoms with van der Waals surface area (Å²) in [5.74, 6) is 1.78. The van der Waals surface area contributed by atoms with Crippen LogP contribution in [0.15, 0.2) is 24.3 Å². The lowest BCUT2D eigenvalue weighted by Gasteiger charge is -2.22. The van der Waals surface area contributed by atoms with E-state index in [0.29, 0.717) is 5.41 Å². The molecule has 4 rings (SSSR count). The fourth-order valence-corrected chi connectivity index (χ4v) is 4.31. The van der Waals surface area contributed by atoms with Crippen molar-refractivity contribution in [2.75, 3.05) is 13.1 Å². The van der Waals surface area contributed by atoms with Crippen LogP contribution in [0.1, 0.15) is 55.6 Å². The summed E-state index contributed by atoms with van der Waals surface area (Å²) >= 11 is 0. The summed E-state index contributed by atoms with van der Waals surface area (Å²) in [7, 11) is 0. The van der Waals surface area contributed by atoms with Crippen molar-refractivity contribution < 1.29 is 0 Å². The summed E-state index contributed by atoms with van der Waals surface area (Å²) in [6.45, 7) is 2.45. The minimum Gasteiger partial charge on any atom is -0.316 e. The molecule has 1 heterocycles. The predicted octanol–water partition coefficient (Wildman–Crippen LogP) is 3.60. The second-order valence-corrected chi connectivity index (χ2v) is 6.65. The van der Waals surface area contributed by atoms with Gasteiger partial charge in [0.15, 0.2) is 0 Å². The van der Waals surface area contributed by atoms with Crippen molar-refractivity contribution in [2.24, 2.45) is 5.92 Å².